The van der Waals surface area contributed by atoms with Crippen LogP contribution in [0.25, 0.3) is 0 Å². The van der Waals surface area contributed by atoms with Crippen molar-refractivity contribution in [2.75, 3.05) is 0 Å². The van der Waals surface area contributed by atoms with Gasteiger partial charge in [0.25, 0.3) is 0 Å². The fourth-order valence-electron chi connectivity index (χ4n) is 4.23. The first-order valence-corrected chi connectivity index (χ1v) is 11.2. The molecule has 0 heterocycles. The quantitative estimate of drug-likeness (QED) is 0.268. The van der Waals surface area contributed by atoms with Crippen molar-refractivity contribution < 1.29 is 25.5 Å². The fourth-order valence-corrected chi connectivity index (χ4v) is 4.23. The highest BCUT2D eigenvalue weighted by Crippen LogP contribution is 2.31. The molecule has 34 heavy (non-hydrogen) atoms. The van der Waals surface area contributed by atoms with E-state index in [4.69, 9.17) is 0 Å². The van der Waals surface area contributed by atoms with E-state index >= 15 is 0 Å². The second kappa shape index (κ2) is 10.4. The third kappa shape index (κ3) is 5.76. The molecule has 0 aliphatic carbocycles. The summed E-state index contributed by atoms with van der Waals surface area (Å²) < 4.78 is 0. The van der Waals surface area contributed by atoms with Crippen molar-refractivity contribution >= 4 is 0 Å². The molecule has 5 heteroatoms. The SMILES string of the molecule is OCc1cc(CO)cc(Cc2cc(Cc3ccc(O)cc3)cc(Cc3ccc(O)cc3)c2O)c1. The first-order chi connectivity index (χ1) is 16.4. The molecule has 0 unspecified atom stereocenters. The summed E-state index contributed by atoms with van der Waals surface area (Å²) in [6.45, 7) is -0.250. The van der Waals surface area contributed by atoms with Crippen LogP contribution in [0.5, 0.6) is 17.2 Å². The maximum atomic E-state index is 11.2. The average Bonchev–Trinajstić information content (AvgIpc) is 2.84. The maximum absolute atomic E-state index is 11.2. The van der Waals surface area contributed by atoms with Gasteiger partial charge in [-0.3, -0.25) is 0 Å². The van der Waals surface area contributed by atoms with Gasteiger partial charge in [-0.25, -0.2) is 0 Å². The van der Waals surface area contributed by atoms with Gasteiger partial charge < -0.3 is 25.5 Å². The second-order valence-corrected chi connectivity index (χ2v) is 8.60. The number of rotatable bonds is 8. The number of aliphatic hydroxyl groups excluding tert-OH is 2. The number of hydrogen-bond donors (Lipinski definition) is 5. The van der Waals surface area contributed by atoms with Crippen molar-refractivity contribution in [1.29, 1.82) is 0 Å². The maximum Gasteiger partial charge on any atom is 0.122 e. The van der Waals surface area contributed by atoms with Crippen molar-refractivity contribution in [2.45, 2.75) is 32.5 Å². The average molecular weight is 457 g/mol. The lowest BCUT2D eigenvalue weighted by atomic mass is 9.92. The summed E-state index contributed by atoms with van der Waals surface area (Å²) in [5.41, 5.74) is 6.87. The van der Waals surface area contributed by atoms with Gasteiger partial charge in [0.05, 0.1) is 13.2 Å². The number of phenolic OH excluding ortho intramolecular Hbond substituents is 3. The van der Waals surface area contributed by atoms with E-state index in [-0.39, 0.29) is 30.5 Å². The molecule has 0 atom stereocenters. The van der Waals surface area contributed by atoms with E-state index in [0.29, 0.717) is 30.4 Å². The smallest absolute Gasteiger partial charge is 0.122 e. The van der Waals surface area contributed by atoms with E-state index in [9.17, 15) is 25.5 Å². The van der Waals surface area contributed by atoms with Crippen LogP contribution >= 0.6 is 0 Å². The first-order valence-electron chi connectivity index (χ1n) is 11.2. The molecule has 0 saturated carbocycles. The number of hydrogen-bond acceptors (Lipinski definition) is 5. The molecule has 0 bridgehead atoms. The van der Waals surface area contributed by atoms with Gasteiger partial charge in [-0.05, 0) is 75.2 Å². The predicted octanol–water partition coefficient (Wildman–Crippen LogP) is 4.56. The second-order valence-electron chi connectivity index (χ2n) is 8.60. The molecule has 0 amide bonds. The van der Waals surface area contributed by atoms with E-state index in [1.165, 1.54) is 0 Å². The molecular weight excluding hydrogens is 428 g/mol. The monoisotopic (exact) mass is 456 g/mol. The topological polar surface area (TPSA) is 101 Å². The Bertz CT molecular complexity index is 1240. The van der Waals surface area contributed by atoms with E-state index in [0.717, 1.165) is 33.4 Å². The molecule has 0 aliphatic heterocycles. The molecule has 0 radical (unpaired) electrons. The summed E-state index contributed by atoms with van der Waals surface area (Å²) in [4.78, 5) is 0. The molecular formula is C29H28O5. The van der Waals surface area contributed by atoms with Crippen LogP contribution < -0.4 is 0 Å². The van der Waals surface area contributed by atoms with Crippen LogP contribution in [0, 0.1) is 0 Å². The molecule has 4 aromatic carbocycles. The van der Waals surface area contributed by atoms with Crippen molar-refractivity contribution in [3.8, 4) is 17.2 Å². The van der Waals surface area contributed by atoms with Crippen molar-refractivity contribution in [3.63, 3.8) is 0 Å². The third-order valence-corrected chi connectivity index (χ3v) is 5.88. The largest absolute Gasteiger partial charge is 0.508 e. The Morgan fingerprint density at radius 2 is 0.794 bits per heavy atom. The molecule has 4 aromatic rings. The molecule has 0 fully saturated rings. The molecule has 174 valence electrons. The number of aromatic hydroxyl groups is 3. The van der Waals surface area contributed by atoms with Crippen LogP contribution in [0.4, 0.5) is 0 Å². The Balaban J connectivity index is 1.72. The zero-order valence-electron chi connectivity index (χ0n) is 18.8. The zero-order chi connectivity index (χ0) is 24.1. The summed E-state index contributed by atoms with van der Waals surface area (Å²) >= 11 is 0. The van der Waals surface area contributed by atoms with Crippen molar-refractivity contribution in [2.24, 2.45) is 0 Å². The van der Waals surface area contributed by atoms with Gasteiger partial charge >= 0.3 is 0 Å². The van der Waals surface area contributed by atoms with Crippen molar-refractivity contribution in [3.05, 3.63) is 123 Å². The summed E-state index contributed by atoms with van der Waals surface area (Å²) in [5.74, 6) is 0.618. The van der Waals surface area contributed by atoms with Crippen LogP contribution in [0.2, 0.25) is 0 Å². The summed E-state index contributed by atoms with van der Waals surface area (Å²) in [5, 5.41) is 49.5. The van der Waals surface area contributed by atoms with E-state index in [1.54, 1.807) is 30.3 Å². The minimum atomic E-state index is -0.125. The van der Waals surface area contributed by atoms with Gasteiger partial charge in [-0.2, -0.15) is 0 Å². The zero-order valence-corrected chi connectivity index (χ0v) is 18.8. The molecule has 0 spiro atoms. The minimum Gasteiger partial charge on any atom is -0.508 e. The van der Waals surface area contributed by atoms with Gasteiger partial charge in [0.15, 0.2) is 0 Å². The Hall–Kier alpha value is -3.80. The van der Waals surface area contributed by atoms with E-state index in [1.807, 2.05) is 48.5 Å². The van der Waals surface area contributed by atoms with Crippen LogP contribution in [-0.4, -0.2) is 25.5 Å². The van der Waals surface area contributed by atoms with Crippen LogP contribution in [0.15, 0.2) is 78.9 Å². The summed E-state index contributed by atoms with van der Waals surface area (Å²) in [6, 6.07) is 23.5. The highest BCUT2D eigenvalue weighted by Gasteiger charge is 2.13. The minimum absolute atomic E-state index is 0.125. The Morgan fingerprint density at radius 1 is 0.412 bits per heavy atom. The van der Waals surface area contributed by atoms with E-state index < -0.39 is 0 Å². The van der Waals surface area contributed by atoms with Gasteiger partial charge in [0, 0.05) is 12.8 Å². The number of benzene rings is 4. The lowest BCUT2D eigenvalue weighted by molar-refractivity contribution is 0.275. The Labute approximate surface area is 198 Å². The molecule has 0 aromatic heterocycles. The van der Waals surface area contributed by atoms with Crippen LogP contribution in [0.1, 0.15) is 44.5 Å². The molecule has 0 aliphatic rings. The van der Waals surface area contributed by atoms with Crippen LogP contribution in [-0.2, 0) is 32.5 Å². The standard InChI is InChI=1S/C29H28O5/c30-17-23-10-21(11-24(12-23)18-31)14-26-16-22(9-19-1-5-27(32)6-2-19)15-25(29(26)34)13-20-3-7-28(33)8-4-20/h1-8,10-12,15-16,30-34H,9,13-14,17-18H2. The Kier molecular flexibility index (Phi) is 7.16. The predicted molar refractivity (Wildman–Crippen MR) is 131 cm³/mol. The lowest BCUT2D eigenvalue weighted by Gasteiger charge is -2.15. The van der Waals surface area contributed by atoms with Crippen molar-refractivity contribution in [1.82, 2.24) is 0 Å². The van der Waals surface area contributed by atoms with Gasteiger partial charge in [0.1, 0.15) is 17.2 Å². The molecule has 5 nitrogen and oxygen atoms in total. The summed E-state index contributed by atoms with van der Waals surface area (Å²) in [7, 11) is 0. The molecule has 0 saturated heterocycles. The normalized spacial score (nSPS) is 11.0. The Morgan fingerprint density at radius 3 is 1.26 bits per heavy atom. The van der Waals surface area contributed by atoms with Crippen LogP contribution in [0.3, 0.4) is 0 Å². The lowest BCUT2D eigenvalue weighted by Crippen LogP contribution is -2.00. The highest BCUT2D eigenvalue weighted by atomic mass is 16.3. The number of phenols is 3. The molecule has 4 rings (SSSR count). The fraction of sp³-hybridized carbons (Fsp3) is 0.172. The van der Waals surface area contributed by atoms with Gasteiger partial charge in [0.2, 0.25) is 0 Å². The number of aliphatic hydroxyl groups is 2. The molecule has 5 N–H and O–H groups in total. The van der Waals surface area contributed by atoms with Gasteiger partial charge in [-0.1, -0.05) is 54.6 Å². The highest BCUT2D eigenvalue weighted by molar-refractivity contribution is 5.49. The van der Waals surface area contributed by atoms with E-state index in [2.05, 4.69) is 0 Å². The first kappa shape index (κ1) is 23.4. The third-order valence-electron chi connectivity index (χ3n) is 5.88. The summed E-state index contributed by atoms with van der Waals surface area (Å²) in [6.07, 6.45) is 1.58. The van der Waals surface area contributed by atoms with Gasteiger partial charge in [-0.15, -0.1) is 0 Å².